The molecule has 1 heterocycles. The fraction of sp³-hybridized carbons (Fsp3) is 0.125. The Morgan fingerprint density at radius 1 is 1.38 bits per heavy atom. The van der Waals surface area contributed by atoms with Gasteiger partial charge in [-0.15, -0.1) is 0 Å². The van der Waals surface area contributed by atoms with Crippen LogP contribution in [-0.4, -0.2) is 5.91 Å². The lowest BCUT2D eigenvalue weighted by Gasteiger charge is -2.04. The first-order chi connectivity index (χ1) is 6.09. The zero-order chi connectivity index (χ0) is 9.59. The van der Waals surface area contributed by atoms with Gasteiger partial charge in [0.15, 0.2) is 0 Å². The van der Waals surface area contributed by atoms with Crippen LogP contribution in [0, 0.1) is 0 Å². The van der Waals surface area contributed by atoms with E-state index >= 15 is 0 Å². The van der Waals surface area contributed by atoms with E-state index in [1.807, 2.05) is 0 Å². The predicted molar refractivity (Wildman–Crippen MR) is 52.0 cm³/mol. The maximum Gasteiger partial charge on any atom is 0.246 e. The summed E-state index contributed by atoms with van der Waals surface area (Å²) in [5.74, 6) is -0.251. The summed E-state index contributed by atoms with van der Waals surface area (Å²) in [7, 11) is 0. The molecule has 0 radical (unpaired) electrons. The first-order valence-electron chi connectivity index (χ1n) is 3.65. The summed E-state index contributed by atoms with van der Waals surface area (Å²) in [5.41, 5.74) is 6.83. The lowest BCUT2D eigenvalue weighted by Crippen LogP contribution is -2.19. The molecule has 1 amide bonds. The second-order valence-electron chi connectivity index (χ2n) is 2.82. The fourth-order valence-electron chi connectivity index (χ4n) is 1.35. The van der Waals surface area contributed by atoms with Crippen LogP contribution in [0.15, 0.2) is 12.1 Å². The first-order valence-corrected chi connectivity index (χ1v) is 4.40. The van der Waals surface area contributed by atoms with Crippen molar-refractivity contribution in [1.82, 2.24) is 0 Å². The molecule has 0 aromatic heterocycles. The molecular weight excluding hydrogens is 211 g/mol. The lowest BCUT2D eigenvalue weighted by molar-refractivity contribution is -0.116. The number of halogens is 2. The van der Waals surface area contributed by atoms with Crippen molar-refractivity contribution in [2.45, 2.75) is 6.04 Å². The van der Waals surface area contributed by atoms with E-state index in [4.69, 9.17) is 28.9 Å². The number of anilines is 1. The number of benzene rings is 1. The normalized spacial score (nSPS) is 19.9. The van der Waals surface area contributed by atoms with Crippen molar-refractivity contribution in [3.05, 3.63) is 27.7 Å². The summed E-state index contributed by atoms with van der Waals surface area (Å²) >= 11 is 11.6. The summed E-state index contributed by atoms with van der Waals surface area (Å²) in [6.45, 7) is 0. The molecule has 1 aliphatic rings. The van der Waals surface area contributed by atoms with Gasteiger partial charge in [0.25, 0.3) is 0 Å². The van der Waals surface area contributed by atoms with Crippen molar-refractivity contribution < 1.29 is 4.79 Å². The van der Waals surface area contributed by atoms with Crippen molar-refractivity contribution in [2.75, 3.05) is 5.32 Å². The highest BCUT2D eigenvalue weighted by molar-refractivity contribution is 6.36. The third-order valence-corrected chi connectivity index (χ3v) is 2.48. The monoisotopic (exact) mass is 216 g/mol. The Bertz CT molecular complexity index is 392. The van der Waals surface area contributed by atoms with Crippen molar-refractivity contribution in [3.8, 4) is 0 Å². The Labute approximate surface area is 84.8 Å². The zero-order valence-electron chi connectivity index (χ0n) is 6.47. The van der Waals surface area contributed by atoms with Gasteiger partial charge < -0.3 is 11.1 Å². The lowest BCUT2D eigenvalue weighted by atomic mass is 10.1. The fourth-order valence-corrected chi connectivity index (χ4v) is 1.96. The minimum absolute atomic E-state index is 0.251. The van der Waals surface area contributed by atoms with Gasteiger partial charge in [-0.05, 0) is 12.1 Å². The van der Waals surface area contributed by atoms with Gasteiger partial charge in [0.2, 0.25) is 5.91 Å². The number of carbonyl (C=O) groups is 1. The van der Waals surface area contributed by atoms with E-state index in [1.165, 1.54) is 0 Å². The van der Waals surface area contributed by atoms with Crippen LogP contribution in [0.3, 0.4) is 0 Å². The average Bonchev–Trinajstić information content (AvgIpc) is 2.27. The molecule has 1 unspecified atom stereocenters. The van der Waals surface area contributed by atoms with Crippen LogP contribution in [0.1, 0.15) is 11.6 Å². The van der Waals surface area contributed by atoms with E-state index in [1.54, 1.807) is 12.1 Å². The molecule has 1 atom stereocenters. The van der Waals surface area contributed by atoms with E-state index in [2.05, 4.69) is 5.32 Å². The number of rotatable bonds is 0. The van der Waals surface area contributed by atoms with E-state index in [-0.39, 0.29) is 5.91 Å². The third-order valence-electron chi connectivity index (χ3n) is 1.95. The van der Waals surface area contributed by atoms with Crippen LogP contribution in [0.25, 0.3) is 0 Å². The van der Waals surface area contributed by atoms with Crippen LogP contribution in [0.2, 0.25) is 10.0 Å². The van der Waals surface area contributed by atoms with Gasteiger partial charge in [-0.2, -0.15) is 0 Å². The molecule has 0 spiro atoms. The quantitative estimate of drug-likeness (QED) is 0.697. The first kappa shape index (κ1) is 8.81. The van der Waals surface area contributed by atoms with E-state index in [0.29, 0.717) is 21.3 Å². The van der Waals surface area contributed by atoms with Crippen LogP contribution < -0.4 is 11.1 Å². The topological polar surface area (TPSA) is 55.1 Å². The van der Waals surface area contributed by atoms with Gasteiger partial charge >= 0.3 is 0 Å². The molecule has 0 saturated carbocycles. The second kappa shape index (κ2) is 2.87. The maximum absolute atomic E-state index is 11.2. The van der Waals surface area contributed by atoms with Crippen LogP contribution in [0.4, 0.5) is 5.69 Å². The summed E-state index contributed by atoms with van der Waals surface area (Å²) < 4.78 is 0. The summed E-state index contributed by atoms with van der Waals surface area (Å²) in [6.07, 6.45) is 0. The number of nitrogens with two attached hydrogens (primary N) is 1. The van der Waals surface area contributed by atoms with Crippen LogP contribution in [0.5, 0.6) is 0 Å². The molecule has 1 aromatic rings. The Morgan fingerprint density at radius 3 is 2.77 bits per heavy atom. The summed E-state index contributed by atoms with van der Waals surface area (Å²) in [4.78, 5) is 11.2. The van der Waals surface area contributed by atoms with E-state index < -0.39 is 6.04 Å². The number of amides is 1. The second-order valence-corrected chi connectivity index (χ2v) is 3.66. The van der Waals surface area contributed by atoms with Gasteiger partial charge in [-0.1, -0.05) is 23.2 Å². The Balaban J connectivity index is 2.64. The molecule has 3 N–H and O–H groups in total. The van der Waals surface area contributed by atoms with Crippen molar-refractivity contribution in [1.29, 1.82) is 0 Å². The minimum Gasteiger partial charge on any atom is -0.324 e. The average molecular weight is 217 g/mol. The van der Waals surface area contributed by atoms with Gasteiger partial charge in [-0.25, -0.2) is 0 Å². The zero-order valence-corrected chi connectivity index (χ0v) is 7.99. The van der Waals surface area contributed by atoms with Crippen LogP contribution in [-0.2, 0) is 4.79 Å². The number of carbonyl (C=O) groups excluding carboxylic acids is 1. The molecule has 0 fully saturated rings. The smallest absolute Gasteiger partial charge is 0.246 e. The van der Waals surface area contributed by atoms with E-state index in [0.717, 1.165) is 0 Å². The minimum atomic E-state index is -0.681. The summed E-state index contributed by atoms with van der Waals surface area (Å²) in [6, 6.07) is 2.52. The molecule has 68 valence electrons. The highest BCUT2D eigenvalue weighted by Crippen LogP contribution is 2.37. The number of hydrogen-bond acceptors (Lipinski definition) is 2. The Hall–Kier alpha value is -0.770. The largest absolute Gasteiger partial charge is 0.324 e. The molecule has 0 bridgehead atoms. The van der Waals surface area contributed by atoms with Crippen molar-refractivity contribution in [3.63, 3.8) is 0 Å². The molecule has 3 nitrogen and oxygen atoms in total. The number of fused-ring (bicyclic) bond motifs is 1. The molecule has 5 heteroatoms. The van der Waals surface area contributed by atoms with Gasteiger partial charge in [0, 0.05) is 21.3 Å². The Kier molecular flexibility index (Phi) is 1.95. The highest BCUT2D eigenvalue weighted by Gasteiger charge is 2.29. The number of hydrogen-bond donors (Lipinski definition) is 2. The van der Waals surface area contributed by atoms with Gasteiger partial charge in [0.1, 0.15) is 6.04 Å². The molecule has 2 rings (SSSR count). The van der Waals surface area contributed by atoms with E-state index in [9.17, 15) is 4.79 Å². The third kappa shape index (κ3) is 1.29. The van der Waals surface area contributed by atoms with Crippen molar-refractivity contribution in [2.24, 2.45) is 5.73 Å². The molecule has 1 aromatic carbocycles. The summed E-state index contributed by atoms with van der Waals surface area (Å²) in [5, 5.41) is 3.50. The van der Waals surface area contributed by atoms with Crippen molar-refractivity contribution >= 4 is 34.8 Å². The van der Waals surface area contributed by atoms with Crippen LogP contribution >= 0.6 is 23.2 Å². The predicted octanol–water partition coefficient (Wildman–Crippen LogP) is 1.95. The van der Waals surface area contributed by atoms with Gasteiger partial charge in [0.05, 0.1) is 0 Å². The molecular formula is C8H6Cl2N2O. The standard InChI is InChI=1S/C8H6Cl2N2O/c9-3-1-4(10)6-5(2-3)12-8(13)7(6)11/h1-2,7H,11H2,(H,12,13). The number of nitrogens with one attached hydrogen (secondary N) is 1. The molecule has 13 heavy (non-hydrogen) atoms. The SMILES string of the molecule is NC1C(=O)Nc2cc(Cl)cc(Cl)c21. The molecule has 0 saturated heterocycles. The van der Waals surface area contributed by atoms with Gasteiger partial charge in [-0.3, -0.25) is 4.79 Å². The highest BCUT2D eigenvalue weighted by atomic mass is 35.5. The maximum atomic E-state index is 11.2. The Morgan fingerprint density at radius 2 is 2.08 bits per heavy atom. The molecule has 0 aliphatic carbocycles. The molecule has 1 aliphatic heterocycles.